The molecule has 8 nitrogen and oxygen atoms in total. The first-order valence-electron chi connectivity index (χ1n) is 20.1. The second-order valence-electron chi connectivity index (χ2n) is 14.6. The number of nitrogens with zero attached hydrogens (tertiary/aromatic N) is 1. The van der Waals surface area contributed by atoms with Crippen LogP contribution in [0.4, 0.5) is 0 Å². The number of hydrogen-bond donors (Lipinski definition) is 2. The molecule has 2 N–H and O–H groups in total. The minimum atomic E-state index is -1.03. The van der Waals surface area contributed by atoms with Crippen molar-refractivity contribution in [1.82, 2.24) is 9.55 Å². The van der Waals surface area contributed by atoms with Gasteiger partial charge in [0.05, 0.1) is 19.3 Å². The number of rotatable bonds is 23. The third-order valence-corrected chi connectivity index (χ3v) is 10.5. The summed E-state index contributed by atoms with van der Waals surface area (Å²) < 4.78 is 20.7. The fraction of sp³-hybridized carbons (Fsp3) is 0.511. The minimum absolute atomic E-state index is 0.0515. The number of H-pyrrole nitrogens is 1. The van der Waals surface area contributed by atoms with Crippen LogP contribution < -0.4 is 16.0 Å². The van der Waals surface area contributed by atoms with E-state index in [1.54, 1.807) is 6.92 Å². The van der Waals surface area contributed by atoms with Crippen LogP contribution >= 0.6 is 0 Å². The average molecular weight is 725 g/mol. The molecule has 1 aliphatic heterocycles. The summed E-state index contributed by atoms with van der Waals surface area (Å²) in [4.78, 5) is 26.9. The van der Waals surface area contributed by atoms with Crippen LogP contribution in [0.15, 0.2) is 101 Å². The van der Waals surface area contributed by atoms with Gasteiger partial charge in [-0.1, -0.05) is 163 Å². The zero-order valence-corrected chi connectivity index (χ0v) is 31.8. The molecule has 0 radical (unpaired) electrons. The number of aromatic amines is 1. The van der Waals surface area contributed by atoms with Crippen LogP contribution in [0, 0.1) is 6.92 Å². The molecular formula is C45H60N2O6. The number of aromatic nitrogens is 2. The SMILES string of the molecule is CCCCCCCCCCCCCCCCOc1ccc(C(OC[C@H]2O[C@@H](n3cc(C)c(=O)[nH]c3=O)C[C@@H]2O)(c2ccccc2)c2ccccc2)cc1. The largest absolute Gasteiger partial charge is 0.494 e. The Balaban J connectivity index is 1.18. The number of benzene rings is 3. The van der Waals surface area contributed by atoms with Gasteiger partial charge in [-0.05, 0) is 42.2 Å². The Labute approximate surface area is 315 Å². The fourth-order valence-electron chi connectivity index (χ4n) is 7.41. The van der Waals surface area contributed by atoms with Gasteiger partial charge in [-0.2, -0.15) is 0 Å². The van der Waals surface area contributed by atoms with Crippen molar-refractivity contribution in [1.29, 1.82) is 0 Å². The summed E-state index contributed by atoms with van der Waals surface area (Å²) in [7, 11) is 0. The van der Waals surface area contributed by atoms with Crippen molar-refractivity contribution in [2.24, 2.45) is 0 Å². The topological polar surface area (TPSA) is 103 Å². The first kappa shape index (κ1) is 40.2. The van der Waals surface area contributed by atoms with E-state index in [1.165, 1.54) is 94.2 Å². The van der Waals surface area contributed by atoms with E-state index < -0.39 is 35.3 Å². The highest BCUT2D eigenvalue weighted by atomic mass is 16.6. The highest BCUT2D eigenvalue weighted by Crippen LogP contribution is 2.42. The second kappa shape index (κ2) is 21.0. The molecule has 4 aromatic rings. The van der Waals surface area contributed by atoms with Crippen molar-refractivity contribution in [3.8, 4) is 5.75 Å². The first-order chi connectivity index (χ1) is 25.9. The van der Waals surface area contributed by atoms with E-state index in [9.17, 15) is 14.7 Å². The molecule has 0 bridgehead atoms. The molecule has 1 saturated heterocycles. The first-order valence-corrected chi connectivity index (χ1v) is 20.1. The summed E-state index contributed by atoms with van der Waals surface area (Å²) in [6.07, 6.45) is 17.9. The second-order valence-corrected chi connectivity index (χ2v) is 14.6. The Hall–Kier alpha value is -3.98. The zero-order valence-electron chi connectivity index (χ0n) is 31.8. The van der Waals surface area contributed by atoms with E-state index in [2.05, 4.69) is 24.0 Å². The van der Waals surface area contributed by atoms with Gasteiger partial charge in [-0.15, -0.1) is 0 Å². The number of nitrogens with one attached hydrogen (secondary N) is 1. The summed E-state index contributed by atoms with van der Waals surface area (Å²) in [6.45, 7) is 4.64. The highest BCUT2D eigenvalue weighted by molar-refractivity contribution is 5.48. The van der Waals surface area contributed by atoms with Crippen molar-refractivity contribution in [2.45, 2.75) is 134 Å². The molecule has 0 aliphatic carbocycles. The molecule has 1 aromatic heterocycles. The van der Waals surface area contributed by atoms with Crippen molar-refractivity contribution >= 4 is 0 Å². The van der Waals surface area contributed by atoms with Gasteiger partial charge in [0.25, 0.3) is 5.56 Å². The minimum Gasteiger partial charge on any atom is -0.494 e. The van der Waals surface area contributed by atoms with Crippen molar-refractivity contribution in [2.75, 3.05) is 13.2 Å². The Kier molecular flexibility index (Phi) is 16.0. The van der Waals surface area contributed by atoms with Crippen molar-refractivity contribution in [3.63, 3.8) is 0 Å². The lowest BCUT2D eigenvalue weighted by atomic mass is 9.80. The van der Waals surface area contributed by atoms with Gasteiger partial charge in [0.1, 0.15) is 23.7 Å². The standard InChI is InChI=1S/C45H60N2O6/c1-3-4-5-6-7-8-9-10-11-12-13-14-15-22-31-51-39-29-27-38(28-30-39)45(36-23-18-16-19-24-36,37-25-20-17-21-26-37)52-34-41-40(48)32-42(53-41)47-33-35(2)43(49)46-44(47)50/h16-21,23-30,33,40-42,48H,3-15,22,31-32,34H2,1-2H3,(H,46,49,50)/t40-,41+,42+/m0/s1. The number of hydrogen-bond acceptors (Lipinski definition) is 6. The van der Waals surface area contributed by atoms with E-state index in [0.29, 0.717) is 12.2 Å². The van der Waals surface area contributed by atoms with Gasteiger partial charge in [0.15, 0.2) is 0 Å². The lowest BCUT2D eigenvalue weighted by Gasteiger charge is -2.37. The molecule has 1 aliphatic rings. The maximum Gasteiger partial charge on any atom is 0.330 e. The summed E-state index contributed by atoms with van der Waals surface area (Å²) in [5.74, 6) is 0.817. The van der Waals surface area contributed by atoms with Crippen LogP contribution in [-0.2, 0) is 15.1 Å². The van der Waals surface area contributed by atoms with Crippen LogP contribution in [0.5, 0.6) is 5.75 Å². The van der Waals surface area contributed by atoms with Crippen LogP contribution in [-0.4, -0.2) is 40.1 Å². The fourth-order valence-corrected chi connectivity index (χ4v) is 7.41. The normalized spacial score (nSPS) is 17.3. The van der Waals surface area contributed by atoms with Crippen LogP contribution in [0.3, 0.4) is 0 Å². The quantitative estimate of drug-likeness (QED) is 0.0584. The zero-order chi connectivity index (χ0) is 37.3. The van der Waals surface area contributed by atoms with Gasteiger partial charge in [-0.3, -0.25) is 14.3 Å². The maximum absolute atomic E-state index is 12.6. The van der Waals surface area contributed by atoms with E-state index in [4.69, 9.17) is 14.2 Å². The molecule has 8 heteroatoms. The predicted molar refractivity (Wildman–Crippen MR) is 212 cm³/mol. The molecule has 3 atom stereocenters. The van der Waals surface area contributed by atoms with Crippen molar-refractivity contribution < 1.29 is 19.3 Å². The number of ether oxygens (including phenoxy) is 3. The summed E-state index contributed by atoms with van der Waals surface area (Å²) in [6, 6.07) is 28.2. The maximum atomic E-state index is 12.6. The average Bonchev–Trinajstić information content (AvgIpc) is 3.55. The molecule has 1 fully saturated rings. The Morgan fingerprint density at radius 1 is 0.736 bits per heavy atom. The highest BCUT2D eigenvalue weighted by Gasteiger charge is 2.42. The van der Waals surface area contributed by atoms with E-state index in [0.717, 1.165) is 28.9 Å². The molecule has 0 amide bonds. The molecule has 2 heterocycles. The molecule has 5 rings (SSSR count). The van der Waals surface area contributed by atoms with E-state index >= 15 is 0 Å². The number of unbranched alkanes of at least 4 members (excludes halogenated alkanes) is 13. The van der Waals surface area contributed by atoms with E-state index in [-0.39, 0.29) is 13.0 Å². The number of aryl methyl sites for hydroxylation is 1. The lowest BCUT2D eigenvalue weighted by Crippen LogP contribution is -2.38. The summed E-state index contributed by atoms with van der Waals surface area (Å²) in [5, 5.41) is 11.1. The number of aliphatic hydroxyl groups is 1. The molecule has 53 heavy (non-hydrogen) atoms. The molecule has 286 valence electrons. The van der Waals surface area contributed by atoms with Crippen LogP contribution in [0.25, 0.3) is 0 Å². The van der Waals surface area contributed by atoms with Gasteiger partial charge in [0.2, 0.25) is 0 Å². The number of aliphatic hydroxyl groups excluding tert-OH is 1. The monoisotopic (exact) mass is 724 g/mol. The van der Waals surface area contributed by atoms with E-state index in [1.807, 2.05) is 72.8 Å². The molecule has 0 saturated carbocycles. The molecule has 0 unspecified atom stereocenters. The summed E-state index contributed by atoms with van der Waals surface area (Å²) >= 11 is 0. The third-order valence-electron chi connectivity index (χ3n) is 10.5. The van der Waals surface area contributed by atoms with Crippen LogP contribution in [0.2, 0.25) is 0 Å². The van der Waals surface area contributed by atoms with Gasteiger partial charge >= 0.3 is 5.69 Å². The predicted octanol–water partition coefficient (Wildman–Crippen LogP) is 9.36. The van der Waals surface area contributed by atoms with Crippen LogP contribution in [0.1, 0.15) is 132 Å². The Morgan fingerprint density at radius 2 is 1.25 bits per heavy atom. The smallest absolute Gasteiger partial charge is 0.330 e. The van der Waals surface area contributed by atoms with Gasteiger partial charge < -0.3 is 19.3 Å². The summed E-state index contributed by atoms with van der Waals surface area (Å²) in [5.41, 5.74) is 1.12. The van der Waals surface area contributed by atoms with Gasteiger partial charge in [-0.25, -0.2) is 4.79 Å². The Morgan fingerprint density at radius 3 is 1.79 bits per heavy atom. The lowest BCUT2D eigenvalue weighted by molar-refractivity contribution is -0.0944. The molecule has 0 spiro atoms. The molecule has 3 aromatic carbocycles. The third kappa shape index (κ3) is 11.3. The molecular weight excluding hydrogens is 665 g/mol. The van der Waals surface area contributed by atoms with Crippen molar-refractivity contribution in [3.05, 3.63) is 134 Å². The van der Waals surface area contributed by atoms with Gasteiger partial charge in [0, 0.05) is 18.2 Å². The Bertz CT molecular complexity index is 1700.